The number of hydrogen-bond acceptors (Lipinski definition) is 7. The molecule has 0 saturated heterocycles. The van der Waals surface area contributed by atoms with E-state index in [1.807, 2.05) is 13.8 Å². The van der Waals surface area contributed by atoms with Gasteiger partial charge in [-0.3, -0.25) is 24.0 Å². The van der Waals surface area contributed by atoms with E-state index < -0.39 is 59.7 Å². The SMILES string of the molecule is CC[C@H](C)[C@H](NC(=O)c1ccccc1)C(=O)N[C@@H](CCCCNC(=O)C12CC3CC(CC(C3)C1)C2)C(=O)N[C@@H](CS)C(=O)N[C@H](C(=O)O)C(C)C. The molecule has 5 amide bonds. The minimum Gasteiger partial charge on any atom is -0.480 e. The highest BCUT2D eigenvalue weighted by Gasteiger charge is 2.54. The molecule has 0 spiro atoms. The summed E-state index contributed by atoms with van der Waals surface area (Å²) in [6.07, 6.45) is 8.52. The maximum atomic E-state index is 13.8. The van der Waals surface area contributed by atoms with Gasteiger partial charge in [-0.25, -0.2) is 4.79 Å². The molecule has 5 rings (SSSR count). The highest BCUT2D eigenvalue weighted by Crippen LogP contribution is 2.60. The van der Waals surface area contributed by atoms with Gasteiger partial charge in [0.2, 0.25) is 23.6 Å². The lowest BCUT2D eigenvalue weighted by atomic mass is 9.49. The number of aliphatic carboxylic acids is 1. The molecule has 4 bridgehead atoms. The molecule has 4 aliphatic rings. The van der Waals surface area contributed by atoms with Gasteiger partial charge in [0.15, 0.2) is 0 Å². The molecule has 12 nitrogen and oxygen atoms in total. The van der Waals surface area contributed by atoms with Gasteiger partial charge in [-0.2, -0.15) is 12.6 Å². The van der Waals surface area contributed by atoms with Crippen LogP contribution in [-0.2, 0) is 24.0 Å². The third-order valence-electron chi connectivity index (χ3n) is 11.2. The number of unbranched alkanes of at least 4 members (excludes halogenated alkanes) is 1. The van der Waals surface area contributed by atoms with Gasteiger partial charge in [-0.15, -0.1) is 0 Å². The summed E-state index contributed by atoms with van der Waals surface area (Å²) in [5.74, 6) is -2.16. The predicted octanol–water partition coefficient (Wildman–Crippen LogP) is 3.46. The summed E-state index contributed by atoms with van der Waals surface area (Å²) in [6, 6.07) is 4.20. The number of hydrogen-bond donors (Lipinski definition) is 7. The summed E-state index contributed by atoms with van der Waals surface area (Å²) in [4.78, 5) is 78.7. The molecular weight excluding hydrogens is 671 g/mol. The van der Waals surface area contributed by atoms with Gasteiger partial charge in [0.05, 0.1) is 0 Å². The number of carboxylic acid groups (broad SMARTS) is 1. The van der Waals surface area contributed by atoms with Crippen LogP contribution in [0.3, 0.4) is 0 Å². The first-order chi connectivity index (χ1) is 24.3. The molecule has 282 valence electrons. The van der Waals surface area contributed by atoms with E-state index in [4.69, 9.17) is 0 Å². The summed E-state index contributed by atoms with van der Waals surface area (Å²) >= 11 is 4.23. The molecule has 1 aromatic carbocycles. The maximum Gasteiger partial charge on any atom is 0.326 e. The van der Waals surface area contributed by atoms with E-state index in [9.17, 15) is 33.9 Å². The zero-order chi connectivity index (χ0) is 37.3. The first-order valence-corrected chi connectivity index (χ1v) is 19.3. The Kier molecular flexibility index (Phi) is 14.4. The van der Waals surface area contributed by atoms with Crippen molar-refractivity contribution in [1.29, 1.82) is 0 Å². The average molecular weight is 728 g/mol. The van der Waals surface area contributed by atoms with Crippen LogP contribution in [0.1, 0.15) is 102 Å². The highest BCUT2D eigenvalue weighted by atomic mass is 32.1. The van der Waals surface area contributed by atoms with Gasteiger partial charge < -0.3 is 31.7 Å². The minimum atomic E-state index is -1.20. The second kappa shape index (κ2) is 18.2. The molecule has 4 fully saturated rings. The number of nitrogens with one attached hydrogen (secondary N) is 5. The van der Waals surface area contributed by atoms with Gasteiger partial charge in [0.1, 0.15) is 24.2 Å². The lowest BCUT2D eigenvalue weighted by molar-refractivity contribution is -0.146. The molecule has 1 aromatic rings. The van der Waals surface area contributed by atoms with Crippen LogP contribution in [0.2, 0.25) is 0 Å². The van der Waals surface area contributed by atoms with Gasteiger partial charge in [0.25, 0.3) is 5.91 Å². The van der Waals surface area contributed by atoms with Crippen LogP contribution in [0.4, 0.5) is 0 Å². The molecule has 4 aliphatic carbocycles. The Hall–Kier alpha value is -3.61. The van der Waals surface area contributed by atoms with Crippen molar-refractivity contribution in [2.45, 2.75) is 116 Å². The van der Waals surface area contributed by atoms with Crippen molar-refractivity contribution in [3.8, 4) is 0 Å². The van der Waals surface area contributed by atoms with Crippen LogP contribution in [0.5, 0.6) is 0 Å². The highest BCUT2D eigenvalue weighted by molar-refractivity contribution is 7.80. The lowest BCUT2D eigenvalue weighted by Gasteiger charge is -2.55. The maximum absolute atomic E-state index is 13.8. The number of carboxylic acids is 1. The molecule has 0 radical (unpaired) electrons. The van der Waals surface area contributed by atoms with Crippen molar-refractivity contribution in [2.24, 2.45) is 35.0 Å². The normalized spacial score (nSPS) is 24.8. The second-order valence-electron chi connectivity index (χ2n) is 15.5. The quantitative estimate of drug-likeness (QED) is 0.0842. The Morgan fingerprint density at radius 1 is 0.784 bits per heavy atom. The summed E-state index contributed by atoms with van der Waals surface area (Å²) in [6.45, 7) is 7.51. The number of carbonyl (C=O) groups excluding carboxylic acids is 5. The molecule has 6 N–H and O–H groups in total. The minimum absolute atomic E-state index is 0.109. The summed E-state index contributed by atoms with van der Waals surface area (Å²) in [7, 11) is 0. The van der Waals surface area contributed by atoms with E-state index in [2.05, 4.69) is 39.2 Å². The molecule has 0 heterocycles. The van der Waals surface area contributed by atoms with Gasteiger partial charge >= 0.3 is 5.97 Å². The van der Waals surface area contributed by atoms with Crippen molar-refractivity contribution < 1.29 is 33.9 Å². The molecular formula is C38H57N5O7S. The number of carbonyl (C=O) groups is 6. The topological polar surface area (TPSA) is 183 Å². The molecule has 0 aliphatic heterocycles. The van der Waals surface area contributed by atoms with Gasteiger partial charge in [-0.1, -0.05) is 52.3 Å². The Morgan fingerprint density at radius 3 is 1.88 bits per heavy atom. The monoisotopic (exact) mass is 727 g/mol. The largest absolute Gasteiger partial charge is 0.480 e. The van der Waals surface area contributed by atoms with Crippen LogP contribution in [0.15, 0.2) is 30.3 Å². The van der Waals surface area contributed by atoms with Crippen LogP contribution in [0.25, 0.3) is 0 Å². The number of amides is 5. The third kappa shape index (κ3) is 10.5. The fourth-order valence-electron chi connectivity index (χ4n) is 8.53. The molecule has 5 atom stereocenters. The fourth-order valence-corrected chi connectivity index (χ4v) is 8.79. The van der Waals surface area contributed by atoms with Crippen molar-refractivity contribution in [3.05, 3.63) is 35.9 Å². The average Bonchev–Trinajstić information content (AvgIpc) is 3.09. The van der Waals surface area contributed by atoms with E-state index in [0.29, 0.717) is 49.1 Å². The standard InChI is InChI=1S/C38H57N5O7S/c1-5-23(4)31(43-32(44)27-11-7-6-8-12-27)35(47)40-28(33(45)41-29(21-51)34(46)42-30(22(2)3)36(48)49)13-9-10-14-39-37(50)38-18-24-15-25(19-38)17-26(16-24)20-38/h6-8,11-12,22-26,28-31,51H,5,9-10,13-21H2,1-4H3,(H,39,50)(H,40,47)(H,41,45)(H,42,46)(H,43,44)(H,48,49)/t23-,24?,25?,26?,28-,29-,30-,31-,38?/m0/s1. The van der Waals surface area contributed by atoms with Crippen LogP contribution < -0.4 is 26.6 Å². The van der Waals surface area contributed by atoms with E-state index in [-0.39, 0.29) is 29.4 Å². The van der Waals surface area contributed by atoms with Crippen molar-refractivity contribution in [1.82, 2.24) is 26.6 Å². The van der Waals surface area contributed by atoms with E-state index >= 15 is 0 Å². The lowest BCUT2D eigenvalue weighted by Crippen LogP contribution is -2.59. The Morgan fingerprint density at radius 2 is 1.35 bits per heavy atom. The number of rotatable bonds is 19. The zero-order valence-electron chi connectivity index (χ0n) is 30.4. The van der Waals surface area contributed by atoms with Crippen molar-refractivity contribution in [3.63, 3.8) is 0 Å². The van der Waals surface area contributed by atoms with E-state index in [1.54, 1.807) is 44.2 Å². The Bertz CT molecular complexity index is 1370. The zero-order valence-corrected chi connectivity index (χ0v) is 31.3. The summed E-state index contributed by atoms with van der Waals surface area (Å²) in [5.41, 5.74) is 0.144. The van der Waals surface area contributed by atoms with E-state index in [1.165, 1.54) is 19.3 Å². The molecule has 13 heteroatoms. The Balaban J connectivity index is 1.41. The van der Waals surface area contributed by atoms with E-state index in [0.717, 1.165) is 19.3 Å². The Labute approximate surface area is 307 Å². The molecule has 51 heavy (non-hydrogen) atoms. The van der Waals surface area contributed by atoms with Crippen molar-refractivity contribution in [2.75, 3.05) is 12.3 Å². The van der Waals surface area contributed by atoms with Crippen LogP contribution in [-0.4, -0.2) is 77.1 Å². The fraction of sp³-hybridized carbons (Fsp3) is 0.684. The second-order valence-corrected chi connectivity index (χ2v) is 15.9. The number of benzene rings is 1. The molecule has 0 unspecified atom stereocenters. The van der Waals surface area contributed by atoms with Crippen LogP contribution >= 0.6 is 12.6 Å². The first kappa shape index (κ1) is 40.2. The first-order valence-electron chi connectivity index (χ1n) is 18.7. The predicted molar refractivity (Wildman–Crippen MR) is 197 cm³/mol. The van der Waals surface area contributed by atoms with Gasteiger partial charge in [-0.05, 0) is 99.5 Å². The van der Waals surface area contributed by atoms with Crippen LogP contribution in [0, 0.1) is 35.0 Å². The van der Waals surface area contributed by atoms with Crippen molar-refractivity contribution >= 4 is 48.1 Å². The summed E-state index contributed by atoms with van der Waals surface area (Å²) < 4.78 is 0. The number of thiol groups is 1. The molecule has 4 saturated carbocycles. The van der Waals surface area contributed by atoms with Gasteiger partial charge in [0, 0.05) is 23.3 Å². The summed E-state index contributed by atoms with van der Waals surface area (Å²) in [5, 5.41) is 23.5. The third-order valence-corrected chi connectivity index (χ3v) is 11.6. The molecule has 0 aromatic heterocycles. The smallest absolute Gasteiger partial charge is 0.326 e.